The molecule has 14 heavy (non-hydrogen) atoms. The van der Waals surface area contributed by atoms with E-state index in [2.05, 4.69) is 5.32 Å². The predicted octanol–water partition coefficient (Wildman–Crippen LogP) is 1.39. The lowest BCUT2D eigenvalue weighted by Crippen LogP contribution is -2.27. The topological polar surface area (TPSA) is 38.3 Å². The van der Waals surface area contributed by atoms with E-state index in [1.165, 1.54) is 6.42 Å². The third-order valence-corrected chi connectivity index (χ3v) is 2.79. The molecule has 0 aromatic heterocycles. The van der Waals surface area contributed by atoms with Crippen LogP contribution in [0.2, 0.25) is 0 Å². The van der Waals surface area contributed by atoms with Crippen LogP contribution in [0.15, 0.2) is 11.8 Å². The highest BCUT2D eigenvalue weighted by molar-refractivity contribution is 5.91. The van der Waals surface area contributed by atoms with E-state index in [0.29, 0.717) is 12.5 Å². The first-order valence-electron chi connectivity index (χ1n) is 5.43. The molecule has 0 amide bonds. The maximum Gasteiger partial charge on any atom is 0.157 e. The van der Waals surface area contributed by atoms with Gasteiger partial charge in [0.2, 0.25) is 0 Å². The van der Waals surface area contributed by atoms with Gasteiger partial charge in [0.15, 0.2) is 5.78 Å². The Labute approximate surface area is 84.5 Å². The second kappa shape index (κ2) is 4.60. The summed E-state index contributed by atoms with van der Waals surface area (Å²) in [7, 11) is 0. The van der Waals surface area contributed by atoms with E-state index >= 15 is 0 Å². The van der Waals surface area contributed by atoms with Gasteiger partial charge in [-0.05, 0) is 25.7 Å². The molecule has 0 aromatic carbocycles. The smallest absolute Gasteiger partial charge is 0.157 e. The van der Waals surface area contributed by atoms with Crippen LogP contribution in [0, 0.1) is 0 Å². The molecular weight excluding hydrogens is 178 g/mol. The van der Waals surface area contributed by atoms with Crippen molar-refractivity contribution in [1.29, 1.82) is 0 Å². The first kappa shape index (κ1) is 9.71. The quantitative estimate of drug-likeness (QED) is 0.739. The first-order valence-corrected chi connectivity index (χ1v) is 5.43. The summed E-state index contributed by atoms with van der Waals surface area (Å²) >= 11 is 0. The van der Waals surface area contributed by atoms with E-state index in [1.807, 2.05) is 0 Å². The van der Waals surface area contributed by atoms with Crippen LogP contribution in [-0.4, -0.2) is 25.0 Å². The number of rotatable bonds is 3. The molecule has 0 radical (unpaired) electrons. The lowest BCUT2D eigenvalue weighted by Gasteiger charge is -2.17. The van der Waals surface area contributed by atoms with Gasteiger partial charge in [0.25, 0.3) is 0 Å². The summed E-state index contributed by atoms with van der Waals surface area (Å²) in [5.41, 5.74) is 1.09. The molecule has 0 bridgehead atoms. The number of nitrogens with one attached hydrogen (secondary N) is 1. The van der Waals surface area contributed by atoms with Gasteiger partial charge < -0.3 is 10.1 Å². The van der Waals surface area contributed by atoms with Crippen LogP contribution in [0.1, 0.15) is 32.1 Å². The Morgan fingerprint density at radius 1 is 1.43 bits per heavy atom. The van der Waals surface area contributed by atoms with Gasteiger partial charge in [-0.2, -0.15) is 0 Å². The van der Waals surface area contributed by atoms with E-state index in [9.17, 15) is 4.79 Å². The summed E-state index contributed by atoms with van der Waals surface area (Å²) in [6, 6.07) is 0. The lowest BCUT2D eigenvalue weighted by atomic mass is 10.0. The van der Waals surface area contributed by atoms with Crippen LogP contribution in [-0.2, 0) is 9.53 Å². The summed E-state index contributed by atoms with van der Waals surface area (Å²) in [6.07, 6.45) is 7.14. The number of ether oxygens (including phenoxy) is 1. The highest BCUT2D eigenvalue weighted by atomic mass is 16.5. The molecule has 3 nitrogen and oxygen atoms in total. The van der Waals surface area contributed by atoms with Gasteiger partial charge >= 0.3 is 0 Å². The van der Waals surface area contributed by atoms with Crippen LogP contribution in [0.5, 0.6) is 0 Å². The Morgan fingerprint density at radius 2 is 2.36 bits per heavy atom. The maximum atomic E-state index is 11.1. The zero-order chi connectivity index (χ0) is 9.80. The molecule has 2 aliphatic rings. The SMILES string of the molecule is O=C1C=C(NC[C@H]2CCCO2)CCC1. The van der Waals surface area contributed by atoms with Crippen molar-refractivity contribution in [2.24, 2.45) is 0 Å². The third kappa shape index (κ3) is 2.58. The van der Waals surface area contributed by atoms with Gasteiger partial charge in [0.1, 0.15) is 0 Å². The predicted molar refractivity (Wildman–Crippen MR) is 53.9 cm³/mol. The molecule has 1 aliphatic carbocycles. The van der Waals surface area contributed by atoms with Crippen LogP contribution in [0.4, 0.5) is 0 Å². The molecular formula is C11H17NO2. The number of carbonyl (C=O) groups is 1. The molecule has 78 valence electrons. The molecule has 3 heteroatoms. The average molecular weight is 195 g/mol. The fourth-order valence-corrected chi connectivity index (χ4v) is 1.98. The van der Waals surface area contributed by atoms with Crippen molar-refractivity contribution in [2.45, 2.75) is 38.2 Å². The van der Waals surface area contributed by atoms with Crippen molar-refractivity contribution in [1.82, 2.24) is 5.32 Å². The van der Waals surface area contributed by atoms with Gasteiger partial charge in [-0.25, -0.2) is 0 Å². The fourth-order valence-electron chi connectivity index (χ4n) is 1.98. The zero-order valence-electron chi connectivity index (χ0n) is 8.42. The number of hydrogen-bond donors (Lipinski definition) is 1. The molecule has 0 unspecified atom stereocenters. The highest BCUT2D eigenvalue weighted by Crippen LogP contribution is 2.15. The fraction of sp³-hybridized carbons (Fsp3) is 0.727. The molecule has 0 spiro atoms. The molecule has 1 atom stereocenters. The molecule has 0 aromatic rings. The molecule has 1 heterocycles. The summed E-state index contributed by atoms with van der Waals surface area (Å²) in [6.45, 7) is 1.75. The summed E-state index contributed by atoms with van der Waals surface area (Å²) in [4.78, 5) is 11.1. The molecule has 1 N–H and O–H groups in total. The van der Waals surface area contributed by atoms with Crippen LogP contribution >= 0.6 is 0 Å². The van der Waals surface area contributed by atoms with Crippen molar-refractivity contribution in [2.75, 3.05) is 13.2 Å². The standard InChI is InChI=1S/C11H17NO2/c13-10-4-1-3-9(7-10)12-8-11-5-2-6-14-11/h7,11-12H,1-6,8H2/t11-/m1/s1. The second-order valence-electron chi connectivity index (χ2n) is 4.01. The van der Waals surface area contributed by atoms with Gasteiger partial charge in [0, 0.05) is 31.3 Å². The van der Waals surface area contributed by atoms with E-state index < -0.39 is 0 Å². The lowest BCUT2D eigenvalue weighted by molar-refractivity contribution is -0.115. The van der Waals surface area contributed by atoms with Crippen LogP contribution < -0.4 is 5.32 Å². The number of ketones is 1. The minimum atomic E-state index is 0.256. The average Bonchev–Trinajstić information content (AvgIpc) is 2.67. The highest BCUT2D eigenvalue weighted by Gasteiger charge is 2.16. The number of carbonyl (C=O) groups excluding carboxylic acids is 1. The van der Waals surface area contributed by atoms with Gasteiger partial charge in [0.05, 0.1) is 6.10 Å². The Kier molecular flexibility index (Phi) is 3.19. The maximum absolute atomic E-state index is 11.1. The Bertz CT molecular complexity index is 242. The van der Waals surface area contributed by atoms with E-state index in [0.717, 1.165) is 38.1 Å². The van der Waals surface area contributed by atoms with Crippen molar-refractivity contribution >= 4 is 5.78 Å². The number of allylic oxidation sites excluding steroid dienone is 2. The molecule has 2 rings (SSSR count). The van der Waals surface area contributed by atoms with Crippen molar-refractivity contribution in [3.63, 3.8) is 0 Å². The number of hydrogen-bond acceptors (Lipinski definition) is 3. The van der Waals surface area contributed by atoms with Crippen molar-refractivity contribution in [3.8, 4) is 0 Å². The van der Waals surface area contributed by atoms with E-state index in [1.54, 1.807) is 6.08 Å². The van der Waals surface area contributed by atoms with Crippen molar-refractivity contribution in [3.05, 3.63) is 11.8 Å². The first-order chi connectivity index (χ1) is 6.84. The van der Waals surface area contributed by atoms with Crippen molar-refractivity contribution < 1.29 is 9.53 Å². The monoisotopic (exact) mass is 195 g/mol. The van der Waals surface area contributed by atoms with Gasteiger partial charge in [-0.1, -0.05) is 0 Å². The minimum absolute atomic E-state index is 0.256. The molecule has 1 fully saturated rings. The largest absolute Gasteiger partial charge is 0.386 e. The third-order valence-electron chi connectivity index (χ3n) is 2.79. The zero-order valence-corrected chi connectivity index (χ0v) is 8.42. The molecule has 1 aliphatic heterocycles. The van der Waals surface area contributed by atoms with Crippen LogP contribution in [0.25, 0.3) is 0 Å². The Hall–Kier alpha value is -0.830. The molecule has 0 saturated carbocycles. The Balaban J connectivity index is 1.76. The van der Waals surface area contributed by atoms with E-state index in [4.69, 9.17) is 4.74 Å². The summed E-state index contributed by atoms with van der Waals surface area (Å²) in [5.74, 6) is 0.256. The Morgan fingerprint density at radius 3 is 3.07 bits per heavy atom. The minimum Gasteiger partial charge on any atom is -0.386 e. The van der Waals surface area contributed by atoms with E-state index in [-0.39, 0.29) is 5.78 Å². The summed E-state index contributed by atoms with van der Waals surface area (Å²) in [5, 5.41) is 3.31. The van der Waals surface area contributed by atoms with Crippen LogP contribution in [0.3, 0.4) is 0 Å². The molecule has 1 saturated heterocycles. The normalized spacial score (nSPS) is 27.6. The summed E-state index contributed by atoms with van der Waals surface area (Å²) < 4.78 is 5.50. The van der Waals surface area contributed by atoms with Gasteiger partial charge in [-0.3, -0.25) is 4.79 Å². The van der Waals surface area contributed by atoms with Gasteiger partial charge in [-0.15, -0.1) is 0 Å². The second-order valence-corrected chi connectivity index (χ2v) is 4.01.